The molecule has 1 aromatic carbocycles. The van der Waals surface area contributed by atoms with Gasteiger partial charge in [0.15, 0.2) is 0 Å². The number of rotatable bonds is 5. The molecule has 1 aliphatic heterocycles. The SMILES string of the molecule is CCCNC(=O)N[C@H]1CC(=O)N(c2cccc(OC)c2)C1. The van der Waals surface area contributed by atoms with Gasteiger partial charge in [0.2, 0.25) is 5.91 Å². The highest BCUT2D eigenvalue weighted by Gasteiger charge is 2.31. The van der Waals surface area contributed by atoms with Crippen LogP contribution in [0.3, 0.4) is 0 Å². The first-order valence-corrected chi connectivity index (χ1v) is 7.12. The van der Waals surface area contributed by atoms with Crippen molar-refractivity contribution in [2.24, 2.45) is 0 Å². The number of ether oxygens (including phenoxy) is 1. The maximum Gasteiger partial charge on any atom is 0.315 e. The Balaban J connectivity index is 1.97. The van der Waals surface area contributed by atoms with Crippen LogP contribution in [0.5, 0.6) is 5.75 Å². The Kier molecular flexibility index (Phi) is 5.03. The number of anilines is 1. The first kappa shape index (κ1) is 15.2. The van der Waals surface area contributed by atoms with Crippen molar-refractivity contribution in [3.8, 4) is 5.75 Å². The fourth-order valence-electron chi connectivity index (χ4n) is 2.31. The van der Waals surface area contributed by atoms with Crippen molar-refractivity contribution >= 4 is 17.6 Å². The molecule has 21 heavy (non-hydrogen) atoms. The van der Waals surface area contributed by atoms with E-state index in [0.29, 0.717) is 25.3 Å². The van der Waals surface area contributed by atoms with E-state index in [1.165, 1.54) is 0 Å². The molecular formula is C15H21N3O3. The lowest BCUT2D eigenvalue weighted by atomic mass is 10.2. The number of benzene rings is 1. The van der Waals surface area contributed by atoms with E-state index in [9.17, 15) is 9.59 Å². The van der Waals surface area contributed by atoms with Gasteiger partial charge in [0.1, 0.15) is 5.75 Å². The van der Waals surface area contributed by atoms with E-state index in [1.807, 2.05) is 31.2 Å². The monoisotopic (exact) mass is 291 g/mol. The summed E-state index contributed by atoms with van der Waals surface area (Å²) in [6, 6.07) is 6.97. The fourth-order valence-corrected chi connectivity index (χ4v) is 2.31. The number of urea groups is 1. The van der Waals surface area contributed by atoms with Crippen molar-refractivity contribution in [3.05, 3.63) is 24.3 Å². The molecule has 1 saturated heterocycles. The molecule has 2 rings (SSSR count). The van der Waals surface area contributed by atoms with Crippen molar-refractivity contribution < 1.29 is 14.3 Å². The average Bonchev–Trinajstić information content (AvgIpc) is 2.85. The number of hydrogen-bond acceptors (Lipinski definition) is 3. The van der Waals surface area contributed by atoms with Gasteiger partial charge in [-0.15, -0.1) is 0 Å². The summed E-state index contributed by atoms with van der Waals surface area (Å²) in [7, 11) is 1.59. The zero-order chi connectivity index (χ0) is 15.2. The number of carbonyl (C=O) groups is 2. The van der Waals surface area contributed by atoms with Crippen LogP contribution >= 0.6 is 0 Å². The number of nitrogens with zero attached hydrogens (tertiary/aromatic N) is 1. The minimum atomic E-state index is -0.220. The third-order valence-corrected chi connectivity index (χ3v) is 3.36. The van der Waals surface area contributed by atoms with Gasteiger partial charge in [-0.25, -0.2) is 4.79 Å². The van der Waals surface area contributed by atoms with E-state index in [0.717, 1.165) is 12.1 Å². The topological polar surface area (TPSA) is 70.7 Å². The largest absolute Gasteiger partial charge is 0.497 e. The van der Waals surface area contributed by atoms with Gasteiger partial charge in [0.25, 0.3) is 0 Å². The van der Waals surface area contributed by atoms with Crippen molar-refractivity contribution in [2.75, 3.05) is 25.1 Å². The second-order valence-electron chi connectivity index (χ2n) is 5.01. The van der Waals surface area contributed by atoms with Crippen molar-refractivity contribution in [2.45, 2.75) is 25.8 Å². The van der Waals surface area contributed by atoms with E-state index in [2.05, 4.69) is 10.6 Å². The zero-order valence-corrected chi connectivity index (χ0v) is 12.4. The predicted octanol–water partition coefficient (Wildman–Crippen LogP) is 1.51. The Hall–Kier alpha value is -2.24. The molecule has 0 bridgehead atoms. The first-order chi connectivity index (χ1) is 10.1. The number of hydrogen-bond donors (Lipinski definition) is 2. The molecule has 3 amide bonds. The number of carbonyl (C=O) groups excluding carboxylic acids is 2. The molecule has 6 heteroatoms. The second-order valence-corrected chi connectivity index (χ2v) is 5.01. The molecule has 0 aromatic heterocycles. The Morgan fingerprint density at radius 2 is 2.29 bits per heavy atom. The van der Waals surface area contributed by atoms with Gasteiger partial charge in [0, 0.05) is 31.3 Å². The van der Waals surface area contributed by atoms with Crippen LogP contribution in [0.1, 0.15) is 19.8 Å². The van der Waals surface area contributed by atoms with E-state index in [1.54, 1.807) is 12.0 Å². The molecule has 2 N–H and O–H groups in total. The highest BCUT2D eigenvalue weighted by molar-refractivity contribution is 5.97. The van der Waals surface area contributed by atoms with Gasteiger partial charge in [-0.2, -0.15) is 0 Å². The van der Waals surface area contributed by atoms with Crippen LogP contribution in [0.4, 0.5) is 10.5 Å². The van der Waals surface area contributed by atoms with Crippen molar-refractivity contribution in [1.29, 1.82) is 0 Å². The summed E-state index contributed by atoms with van der Waals surface area (Å²) in [6.07, 6.45) is 1.20. The van der Waals surface area contributed by atoms with Gasteiger partial charge in [0.05, 0.1) is 13.2 Å². The summed E-state index contributed by atoms with van der Waals surface area (Å²) in [5, 5.41) is 5.58. The quantitative estimate of drug-likeness (QED) is 0.864. The Labute approximate surface area is 124 Å². The fraction of sp³-hybridized carbons (Fsp3) is 0.467. The van der Waals surface area contributed by atoms with Crippen LogP contribution < -0.4 is 20.3 Å². The van der Waals surface area contributed by atoms with Gasteiger partial charge in [-0.3, -0.25) is 4.79 Å². The lowest BCUT2D eigenvalue weighted by Crippen LogP contribution is -2.43. The molecule has 6 nitrogen and oxygen atoms in total. The molecule has 0 saturated carbocycles. The lowest BCUT2D eigenvalue weighted by molar-refractivity contribution is -0.117. The standard InChI is InChI=1S/C15H21N3O3/c1-3-7-16-15(20)17-11-8-14(19)18(10-11)12-5-4-6-13(9-12)21-2/h4-6,9,11H,3,7-8,10H2,1-2H3,(H2,16,17,20)/t11-/m0/s1. The van der Waals surface area contributed by atoms with Gasteiger partial charge < -0.3 is 20.3 Å². The minimum absolute atomic E-state index is 0.00374. The van der Waals surface area contributed by atoms with E-state index >= 15 is 0 Å². The third-order valence-electron chi connectivity index (χ3n) is 3.36. The molecule has 1 atom stereocenters. The van der Waals surface area contributed by atoms with Crippen LogP contribution in [0.25, 0.3) is 0 Å². The summed E-state index contributed by atoms with van der Waals surface area (Å²) < 4.78 is 5.17. The molecule has 1 heterocycles. The second kappa shape index (κ2) is 6.97. The molecule has 1 fully saturated rings. The van der Waals surface area contributed by atoms with Crippen LogP contribution in [0.2, 0.25) is 0 Å². The molecule has 114 valence electrons. The van der Waals surface area contributed by atoms with Gasteiger partial charge in [-0.1, -0.05) is 13.0 Å². The van der Waals surface area contributed by atoms with Crippen LogP contribution in [-0.4, -0.2) is 38.2 Å². The normalized spacial score (nSPS) is 17.7. The van der Waals surface area contributed by atoms with Crippen LogP contribution in [0.15, 0.2) is 24.3 Å². The molecule has 0 spiro atoms. The molecule has 1 aromatic rings. The van der Waals surface area contributed by atoms with Gasteiger partial charge in [-0.05, 0) is 18.6 Å². The first-order valence-electron chi connectivity index (χ1n) is 7.12. The summed E-state index contributed by atoms with van der Waals surface area (Å²) >= 11 is 0. The molecule has 0 aliphatic carbocycles. The summed E-state index contributed by atoms with van der Waals surface area (Å²) in [5.74, 6) is 0.710. The summed E-state index contributed by atoms with van der Waals surface area (Å²) in [5.41, 5.74) is 0.789. The Morgan fingerprint density at radius 3 is 3.00 bits per heavy atom. The predicted molar refractivity (Wildman–Crippen MR) is 80.6 cm³/mol. The van der Waals surface area contributed by atoms with E-state index in [-0.39, 0.29) is 18.0 Å². The van der Waals surface area contributed by atoms with Crippen molar-refractivity contribution in [1.82, 2.24) is 10.6 Å². The number of methoxy groups -OCH3 is 1. The van der Waals surface area contributed by atoms with Gasteiger partial charge >= 0.3 is 6.03 Å². The van der Waals surface area contributed by atoms with Crippen LogP contribution in [0, 0.1) is 0 Å². The van der Waals surface area contributed by atoms with Crippen molar-refractivity contribution in [3.63, 3.8) is 0 Å². The molecule has 0 radical (unpaired) electrons. The number of nitrogens with one attached hydrogen (secondary N) is 2. The van der Waals surface area contributed by atoms with E-state index in [4.69, 9.17) is 4.74 Å². The lowest BCUT2D eigenvalue weighted by Gasteiger charge is -2.18. The average molecular weight is 291 g/mol. The minimum Gasteiger partial charge on any atom is -0.497 e. The smallest absolute Gasteiger partial charge is 0.315 e. The Morgan fingerprint density at radius 1 is 1.48 bits per heavy atom. The zero-order valence-electron chi connectivity index (χ0n) is 12.4. The van der Waals surface area contributed by atoms with Crippen LogP contribution in [-0.2, 0) is 4.79 Å². The summed E-state index contributed by atoms with van der Waals surface area (Å²) in [6.45, 7) is 3.10. The molecular weight excluding hydrogens is 270 g/mol. The summed E-state index contributed by atoms with van der Waals surface area (Å²) in [4.78, 5) is 25.4. The number of amides is 3. The maximum atomic E-state index is 12.1. The highest BCUT2D eigenvalue weighted by Crippen LogP contribution is 2.25. The highest BCUT2D eigenvalue weighted by atomic mass is 16.5. The maximum absolute atomic E-state index is 12.1. The molecule has 1 aliphatic rings. The Bertz CT molecular complexity index is 519. The molecule has 0 unspecified atom stereocenters. The van der Waals surface area contributed by atoms with E-state index < -0.39 is 0 Å². The third kappa shape index (κ3) is 3.87.